The van der Waals surface area contributed by atoms with E-state index in [1.54, 1.807) is 19.2 Å². The van der Waals surface area contributed by atoms with Gasteiger partial charge in [0.15, 0.2) is 0 Å². The molecule has 0 aliphatic rings. The van der Waals surface area contributed by atoms with Crippen LogP contribution >= 0.6 is 11.6 Å². The summed E-state index contributed by atoms with van der Waals surface area (Å²) in [4.78, 5) is 30.5. The van der Waals surface area contributed by atoms with Crippen LogP contribution in [0.15, 0.2) is 47.0 Å². The highest BCUT2D eigenvalue weighted by atomic mass is 35.5. The topological polar surface area (TPSA) is 88.3 Å². The molecule has 162 valence electrons. The molecule has 8 heteroatoms. The molecule has 0 saturated carbocycles. The lowest BCUT2D eigenvalue weighted by molar-refractivity contribution is -0.133. The maximum atomic E-state index is 12.4. The molecular weight excluding hydrogens is 416 g/mol. The normalized spacial score (nSPS) is 10.7. The van der Waals surface area contributed by atoms with Gasteiger partial charge in [-0.3, -0.25) is 9.59 Å². The van der Waals surface area contributed by atoms with E-state index in [4.69, 9.17) is 16.1 Å². The van der Waals surface area contributed by atoms with E-state index in [0.717, 1.165) is 22.4 Å². The monoisotopic (exact) mass is 440 g/mol. The Hall–Kier alpha value is -3.19. The summed E-state index contributed by atoms with van der Waals surface area (Å²) >= 11 is 5.89. The summed E-state index contributed by atoms with van der Waals surface area (Å²) in [6, 6.07) is 13.0. The van der Waals surface area contributed by atoms with Crippen molar-refractivity contribution in [1.82, 2.24) is 15.0 Å². The average molecular weight is 441 g/mol. The van der Waals surface area contributed by atoms with E-state index in [0.29, 0.717) is 29.6 Å². The van der Waals surface area contributed by atoms with Gasteiger partial charge >= 0.3 is 0 Å². The van der Waals surface area contributed by atoms with Gasteiger partial charge in [0, 0.05) is 36.2 Å². The van der Waals surface area contributed by atoms with Gasteiger partial charge in [-0.1, -0.05) is 35.0 Å². The molecule has 7 nitrogen and oxygen atoms in total. The fraction of sp³-hybridized carbons (Fsp3) is 0.304. The highest BCUT2D eigenvalue weighted by Gasteiger charge is 2.15. The van der Waals surface area contributed by atoms with Crippen molar-refractivity contribution in [2.75, 3.05) is 18.9 Å². The number of amides is 2. The minimum absolute atomic E-state index is 0.00607. The molecule has 0 saturated heterocycles. The quantitative estimate of drug-likeness (QED) is 0.559. The number of nitrogens with zero attached hydrogens (tertiary/aromatic N) is 3. The van der Waals surface area contributed by atoms with Crippen LogP contribution in [0.25, 0.3) is 11.4 Å². The summed E-state index contributed by atoms with van der Waals surface area (Å²) in [7, 11) is 1.62. The highest BCUT2D eigenvalue weighted by molar-refractivity contribution is 6.30. The molecule has 1 N–H and O–H groups in total. The predicted molar refractivity (Wildman–Crippen MR) is 120 cm³/mol. The SMILES string of the molecule is Cc1cccc(C)c1NC(=O)CN(C)C(=O)CCCc1nc(-c2ccc(Cl)cc2)no1. The average Bonchev–Trinajstić information content (AvgIpc) is 3.20. The molecule has 2 aromatic carbocycles. The number of benzene rings is 2. The fourth-order valence-corrected chi connectivity index (χ4v) is 3.27. The minimum atomic E-state index is -0.224. The molecule has 0 atom stereocenters. The van der Waals surface area contributed by atoms with Crippen LogP contribution in [0, 0.1) is 13.8 Å². The van der Waals surface area contributed by atoms with Gasteiger partial charge in [0.1, 0.15) is 0 Å². The van der Waals surface area contributed by atoms with Gasteiger partial charge in [0.25, 0.3) is 0 Å². The van der Waals surface area contributed by atoms with Crippen molar-refractivity contribution in [1.29, 1.82) is 0 Å². The van der Waals surface area contributed by atoms with Crippen molar-refractivity contribution in [3.05, 3.63) is 64.5 Å². The van der Waals surface area contributed by atoms with Crippen LogP contribution in [-0.4, -0.2) is 40.4 Å². The molecule has 3 rings (SSSR count). The molecule has 3 aromatic rings. The standard InChI is InChI=1S/C23H25ClN4O3/c1-15-6-4-7-16(2)22(15)25-19(29)14-28(3)21(30)9-5-8-20-26-23(27-31-20)17-10-12-18(24)13-11-17/h4,6-7,10-13H,5,8-9,14H2,1-3H3,(H,25,29). The number of nitrogens with one attached hydrogen (secondary N) is 1. The van der Waals surface area contributed by atoms with Gasteiger partial charge in [0.2, 0.25) is 23.5 Å². The zero-order valence-corrected chi connectivity index (χ0v) is 18.6. The van der Waals surface area contributed by atoms with Crippen molar-refractivity contribution < 1.29 is 14.1 Å². The largest absolute Gasteiger partial charge is 0.339 e. The summed E-state index contributed by atoms with van der Waals surface area (Å²) in [5, 5.41) is 7.50. The van der Waals surface area contributed by atoms with Crippen molar-refractivity contribution in [2.24, 2.45) is 0 Å². The molecule has 0 unspecified atom stereocenters. The van der Waals surface area contributed by atoms with E-state index in [2.05, 4.69) is 15.5 Å². The van der Waals surface area contributed by atoms with Crippen LogP contribution in [0.3, 0.4) is 0 Å². The smallest absolute Gasteiger partial charge is 0.243 e. The number of likely N-dealkylation sites (N-methyl/N-ethyl adjacent to an activating group) is 1. The second kappa shape index (κ2) is 10.2. The summed E-state index contributed by atoms with van der Waals surface area (Å²) in [6.07, 6.45) is 1.31. The zero-order chi connectivity index (χ0) is 22.4. The van der Waals surface area contributed by atoms with E-state index in [1.807, 2.05) is 44.2 Å². The third-order valence-corrected chi connectivity index (χ3v) is 5.16. The first-order chi connectivity index (χ1) is 14.8. The predicted octanol–water partition coefficient (Wildman–Crippen LogP) is 4.43. The lowest BCUT2D eigenvalue weighted by atomic mass is 10.1. The van der Waals surface area contributed by atoms with Crippen LogP contribution < -0.4 is 5.32 Å². The van der Waals surface area contributed by atoms with Crippen LogP contribution in [-0.2, 0) is 16.0 Å². The van der Waals surface area contributed by atoms with Gasteiger partial charge in [-0.05, 0) is 55.7 Å². The first-order valence-electron chi connectivity index (χ1n) is 10.0. The lowest BCUT2D eigenvalue weighted by Gasteiger charge is -2.18. The number of aryl methyl sites for hydroxylation is 3. The maximum absolute atomic E-state index is 12.4. The molecule has 0 radical (unpaired) electrons. The first-order valence-corrected chi connectivity index (χ1v) is 10.4. The molecule has 2 amide bonds. The zero-order valence-electron chi connectivity index (χ0n) is 17.8. The maximum Gasteiger partial charge on any atom is 0.243 e. The minimum Gasteiger partial charge on any atom is -0.339 e. The third kappa shape index (κ3) is 6.15. The third-order valence-electron chi connectivity index (χ3n) is 4.90. The Kier molecular flexibility index (Phi) is 7.41. The van der Waals surface area contributed by atoms with E-state index < -0.39 is 0 Å². The molecule has 0 spiro atoms. The van der Waals surface area contributed by atoms with Gasteiger partial charge in [0.05, 0.1) is 6.54 Å². The number of para-hydroxylation sites is 1. The molecular formula is C23H25ClN4O3. The van der Waals surface area contributed by atoms with Gasteiger partial charge in [-0.25, -0.2) is 0 Å². The molecule has 0 aliphatic heterocycles. The van der Waals surface area contributed by atoms with E-state index in [9.17, 15) is 9.59 Å². The van der Waals surface area contributed by atoms with Crippen molar-refractivity contribution in [3.8, 4) is 11.4 Å². The number of hydrogen-bond acceptors (Lipinski definition) is 5. The molecule has 31 heavy (non-hydrogen) atoms. The molecule has 1 heterocycles. The number of rotatable bonds is 8. The summed E-state index contributed by atoms with van der Waals surface area (Å²) in [5.74, 6) is 0.610. The van der Waals surface area contributed by atoms with E-state index in [1.165, 1.54) is 4.90 Å². The second-order valence-electron chi connectivity index (χ2n) is 7.44. The number of halogens is 1. The Morgan fingerprint density at radius 1 is 1.10 bits per heavy atom. The van der Waals surface area contributed by atoms with Crippen molar-refractivity contribution in [3.63, 3.8) is 0 Å². The lowest BCUT2D eigenvalue weighted by Crippen LogP contribution is -2.35. The van der Waals surface area contributed by atoms with Gasteiger partial charge in [-0.2, -0.15) is 4.98 Å². The Bertz CT molecular complexity index is 1040. The van der Waals surface area contributed by atoms with Crippen LogP contribution in [0.4, 0.5) is 5.69 Å². The summed E-state index contributed by atoms with van der Waals surface area (Å²) in [6.45, 7) is 3.87. The Morgan fingerprint density at radius 3 is 2.45 bits per heavy atom. The second-order valence-corrected chi connectivity index (χ2v) is 7.87. The van der Waals surface area contributed by atoms with Crippen molar-refractivity contribution in [2.45, 2.75) is 33.1 Å². The van der Waals surface area contributed by atoms with Crippen LogP contribution in [0.5, 0.6) is 0 Å². The Morgan fingerprint density at radius 2 is 1.77 bits per heavy atom. The number of aromatic nitrogens is 2. The number of anilines is 1. The van der Waals surface area contributed by atoms with Crippen LogP contribution in [0.2, 0.25) is 5.02 Å². The summed E-state index contributed by atoms with van der Waals surface area (Å²) < 4.78 is 5.26. The Labute approximate surface area is 186 Å². The number of carbonyl (C=O) groups excluding carboxylic acids is 2. The Balaban J connectivity index is 1.45. The fourth-order valence-electron chi connectivity index (χ4n) is 3.15. The van der Waals surface area contributed by atoms with Crippen molar-refractivity contribution >= 4 is 29.1 Å². The van der Waals surface area contributed by atoms with Gasteiger partial charge < -0.3 is 14.7 Å². The highest BCUT2D eigenvalue weighted by Crippen LogP contribution is 2.20. The first kappa shape index (κ1) is 22.5. The molecule has 0 fully saturated rings. The van der Waals surface area contributed by atoms with E-state index in [-0.39, 0.29) is 24.8 Å². The molecule has 1 aromatic heterocycles. The van der Waals surface area contributed by atoms with Crippen LogP contribution in [0.1, 0.15) is 29.9 Å². The van der Waals surface area contributed by atoms with Gasteiger partial charge in [-0.15, -0.1) is 0 Å². The van der Waals surface area contributed by atoms with E-state index >= 15 is 0 Å². The summed E-state index contributed by atoms with van der Waals surface area (Å²) in [5.41, 5.74) is 3.58. The molecule has 0 bridgehead atoms. The molecule has 0 aliphatic carbocycles. The number of hydrogen-bond donors (Lipinski definition) is 1. The number of carbonyl (C=O) groups is 2.